The summed E-state index contributed by atoms with van der Waals surface area (Å²) in [7, 11) is 0. The maximum Gasteiger partial charge on any atom is 0.293 e. The number of carbonyl (C=O) groups is 1. The van der Waals surface area contributed by atoms with Crippen molar-refractivity contribution >= 4 is 17.3 Å². The Hall–Kier alpha value is -3.04. The van der Waals surface area contributed by atoms with Crippen molar-refractivity contribution in [1.82, 2.24) is 4.90 Å². The second-order valence-electron chi connectivity index (χ2n) is 6.45. The molecular formula is C19H21FN4O4. The molecule has 1 amide bonds. The van der Waals surface area contributed by atoms with Crippen LogP contribution in [0.2, 0.25) is 0 Å². The van der Waals surface area contributed by atoms with E-state index >= 15 is 0 Å². The second-order valence-corrected chi connectivity index (χ2v) is 6.45. The lowest BCUT2D eigenvalue weighted by molar-refractivity contribution is -0.384. The number of halogens is 1. The topological polar surface area (TPSA) is 111 Å². The van der Waals surface area contributed by atoms with Crippen LogP contribution in [0, 0.1) is 15.9 Å². The number of nitro groups is 1. The number of ether oxygens (including phenoxy) is 1. The van der Waals surface area contributed by atoms with E-state index in [1.54, 1.807) is 12.1 Å². The van der Waals surface area contributed by atoms with Gasteiger partial charge in [0.1, 0.15) is 11.5 Å². The number of morpholine rings is 1. The van der Waals surface area contributed by atoms with Crippen molar-refractivity contribution in [3.63, 3.8) is 0 Å². The van der Waals surface area contributed by atoms with Gasteiger partial charge in [-0.05, 0) is 29.8 Å². The molecule has 1 fully saturated rings. The van der Waals surface area contributed by atoms with E-state index in [1.165, 1.54) is 24.3 Å². The Morgan fingerprint density at radius 2 is 1.93 bits per heavy atom. The van der Waals surface area contributed by atoms with Crippen LogP contribution in [0.15, 0.2) is 42.5 Å². The van der Waals surface area contributed by atoms with Crippen molar-refractivity contribution in [2.75, 3.05) is 38.2 Å². The van der Waals surface area contributed by atoms with Gasteiger partial charge >= 0.3 is 0 Å². The zero-order valence-electron chi connectivity index (χ0n) is 15.1. The third-order valence-electron chi connectivity index (χ3n) is 4.71. The van der Waals surface area contributed by atoms with E-state index in [0.29, 0.717) is 32.8 Å². The molecule has 2 aromatic rings. The summed E-state index contributed by atoms with van der Waals surface area (Å²) in [5.74, 6) is -1.05. The molecule has 2 aromatic carbocycles. The molecule has 148 valence electrons. The van der Waals surface area contributed by atoms with Gasteiger partial charge in [0.25, 0.3) is 5.69 Å². The van der Waals surface area contributed by atoms with Gasteiger partial charge in [-0.1, -0.05) is 12.1 Å². The van der Waals surface area contributed by atoms with Gasteiger partial charge in [-0.25, -0.2) is 4.39 Å². The molecule has 3 N–H and O–H groups in total. The van der Waals surface area contributed by atoms with Crippen LogP contribution in [0.3, 0.4) is 0 Å². The zero-order valence-corrected chi connectivity index (χ0v) is 15.1. The minimum Gasteiger partial charge on any atom is -0.379 e. The van der Waals surface area contributed by atoms with Gasteiger partial charge < -0.3 is 15.8 Å². The third kappa shape index (κ3) is 4.62. The summed E-state index contributed by atoms with van der Waals surface area (Å²) in [6.45, 7) is 2.94. The normalized spacial score (nSPS) is 15.8. The lowest BCUT2D eigenvalue weighted by Crippen LogP contribution is -2.41. The summed E-state index contributed by atoms with van der Waals surface area (Å²) in [5.41, 5.74) is 6.24. The van der Waals surface area contributed by atoms with Crippen LogP contribution in [0.4, 0.5) is 15.8 Å². The first-order valence-corrected chi connectivity index (χ1v) is 8.85. The number of hydrogen-bond acceptors (Lipinski definition) is 6. The molecule has 0 spiro atoms. The summed E-state index contributed by atoms with van der Waals surface area (Å²) in [5, 5.41) is 14.5. The van der Waals surface area contributed by atoms with Gasteiger partial charge in [0.05, 0.1) is 24.2 Å². The molecule has 0 aromatic heterocycles. The number of hydrogen-bond donors (Lipinski definition) is 2. The van der Waals surface area contributed by atoms with Crippen LogP contribution in [-0.4, -0.2) is 48.6 Å². The molecule has 1 aliphatic rings. The molecule has 0 aliphatic carbocycles. The maximum absolute atomic E-state index is 13.3. The van der Waals surface area contributed by atoms with Gasteiger partial charge in [0.2, 0.25) is 5.91 Å². The highest BCUT2D eigenvalue weighted by Crippen LogP contribution is 2.28. The summed E-state index contributed by atoms with van der Waals surface area (Å²) in [4.78, 5) is 24.3. The zero-order chi connectivity index (χ0) is 20.1. The molecule has 0 bridgehead atoms. The average Bonchev–Trinajstić information content (AvgIpc) is 2.70. The van der Waals surface area contributed by atoms with Crippen LogP contribution in [0.5, 0.6) is 0 Å². The number of carbonyl (C=O) groups excluding carboxylic acids is 1. The highest BCUT2D eigenvalue weighted by atomic mass is 19.1. The number of primary amides is 1. The molecular weight excluding hydrogens is 367 g/mol. The first-order chi connectivity index (χ1) is 13.5. The van der Waals surface area contributed by atoms with Gasteiger partial charge in [-0.15, -0.1) is 0 Å². The number of nitrogens with one attached hydrogen (secondary N) is 1. The van der Waals surface area contributed by atoms with Crippen LogP contribution in [0.1, 0.15) is 22.0 Å². The van der Waals surface area contributed by atoms with Crippen molar-refractivity contribution in [3.05, 3.63) is 69.5 Å². The number of benzene rings is 2. The number of anilines is 1. The van der Waals surface area contributed by atoms with Gasteiger partial charge in [-0.2, -0.15) is 0 Å². The minimum atomic E-state index is -0.729. The predicted molar refractivity (Wildman–Crippen MR) is 102 cm³/mol. The molecule has 3 rings (SSSR count). The van der Waals surface area contributed by atoms with E-state index in [-0.39, 0.29) is 28.8 Å². The predicted octanol–water partition coefficient (Wildman–Crippen LogP) is 2.32. The lowest BCUT2D eigenvalue weighted by atomic mass is 10.0. The highest BCUT2D eigenvalue weighted by molar-refractivity contribution is 5.94. The first-order valence-electron chi connectivity index (χ1n) is 8.85. The number of rotatable bonds is 7. The molecule has 0 radical (unpaired) electrons. The highest BCUT2D eigenvalue weighted by Gasteiger charge is 2.24. The molecule has 1 saturated heterocycles. The Morgan fingerprint density at radius 3 is 2.54 bits per heavy atom. The van der Waals surface area contributed by atoms with Crippen molar-refractivity contribution in [1.29, 1.82) is 0 Å². The summed E-state index contributed by atoms with van der Waals surface area (Å²) in [6, 6.07) is 10.2. The first kappa shape index (κ1) is 19.7. The fourth-order valence-corrected chi connectivity index (χ4v) is 3.22. The third-order valence-corrected chi connectivity index (χ3v) is 4.71. The SMILES string of the molecule is NC(=O)c1ccc(NCC(c2ccc(F)cc2)N2CCOCC2)c([N+](=O)[O-])c1. The summed E-state index contributed by atoms with van der Waals surface area (Å²) < 4.78 is 18.7. The molecule has 1 unspecified atom stereocenters. The number of nitrogens with two attached hydrogens (primary N) is 1. The van der Waals surface area contributed by atoms with Crippen LogP contribution < -0.4 is 11.1 Å². The average molecular weight is 388 g/mol. The van der Waals surface area contributed by atoms with Crippen molar-refractivity contribution in [3.8, 4) is 0 Å². The summed E-state index contributed by atoms with van der Waals surface area (Å²) in [6.07, 6.45) is 0. The minimum absolute atomic E-state index is 0.0699. The Labute approximate surface area is 161 Å². The molecule has 8 nitrogen and oxygen atoms in total. The van der Waals surface area contributed by atoms with Crippen LogP contribution >= 0.6 is 0 Å². The van der Waals surface area contributed by atoms with E-state index < -0.39 is 10.8 Å². The number of amides is 1. The standard InChI is InChI=1S/C19H21FN4O4/c20-15-4-1-13(2-5-15)18(23-7-9-28-10-8-23)12-22-16-6-3-14(19(21)25)11-17(16)24(26)27/h1-6,11,18,22H,7-10,12H2,(H2,21,25). The van der Waals surface area contributed by atoms with Crippen LogP contribution in [-0.2, 0) is 4.74 Å². The fourth-order valence-electron chi connectivity index (χ4n) is 3.22. The van der Waals surface area contributed by atoms with E-state index in [1.807, 2.05) is 0 Å². The van der Waals surface area contributed by atoms with Crippen molar-refractivity contribution < 1.29 is 18.8 Å². The quantitative estimate of drug-likeness (QED) is 0.556. The van der Waals surface area contributed by atoms with E-state index in [9.17, 15) is 19.3 Å². The van der Waals surface area contributed by atoms with E-state index in [0.717, 1.165) is 11.6 Å². The second kappa shape index (κ2) is 8.77. The molecule has 1 atom stereocenters. The molecule has 1 heterocycles. The smallest absolute Gasteiger partial charge is 0.293 e. The van der Waals surface area contributed by atoms with E-state index in [4.69, 9.17) is 10.5 Å². The molecule has 9 heteroatoms. The van der Waals surface area contributed by atoms with E-state index in [2.05, 4.69) is 10.2 Å². The maximum atomic E-state index is 13.3. The number of nitrogens with zero attached hydrogens (tertiary/aromatic N) is 2. The Morgan fingerprint density at radius 1 is 1.25 bits per heavy atom. The molecule has 0 saturated carbocycles. The Bertz CT molecular complexity index is 854. The van der Waals surface area contributed by atoms with Crippen molar-refractivity contribution in [2.24, 2.45) is 5.73 Å². The van der Waals surface area contributed by atoms with Gasteiger partial charge in [0, 0.05) is 31.3 Å². The van der Waals surface area contributed by atoms with Crippen molar-refractivity contribution in [2.45, 2.75) is 6.04 Å². The molecule has 28 heavy (non-hydrogen) atoms. The fraction of sp³-hybridized carbons (Fsp3) is 0.316. The Balaban J connectivity index is 1.84. The van der Waals surface area contributed by atoms with Gasteiger partial charge in [-0.3, -0.25) is 19.8 Å². The largest absolute Gasteiger partial charge is 0.379 e. The summed E-state index contributed by atoms with van der Waals surface area (Å²) >= 11 is 0. The monoisotopic (exact) mass is 388 g/mol. The lowest BCUT2D eigenvalue weighted by Gasteiger charge is -2.35. The molecule has 1 aliphatic heterocycles. The number of nitro benzene ring substituents is 1. The van der Waals surface area contributed by atoms with Crippen LogP contribution in [0.25, 0.3) is 0 Å². The Kier molecular flexibility index (Phi) is 6.17. The van der Waals surface area contributed by atoms with Gasteiger partial charge in [0.15, 0.2) is 0 Å².